The lowest BCUT2D eigenvalue weighted by Gasteiger charge is -2.06. The fraction of sp³-hybridized carbons (Fsp3) is 0.167. The zero-order chi connectivity index (χ0) is 14.9. The molecule has 0 aliphatic carbocycles. The zero-order valence-electron chi connectivity index (χ0n) is 12.4. The number of rotatable bonds is 2. The van der Waals surface area contributed by atoms with Crippen molar-refractivity contribution in [3.63, 3.8) is 0 Å². The van der Waals surface area contributed by atoms with Gasteiger partial charge in [-0.1, -0.05) is 32.4 Å². The number of hydrogen-bond donors (Lipinski definition) is 0. The minimum absolute atomic E-state index is 0.858. The lowest BCUT2D eigenvalue weighted by atomic mass is 10.1. The Morgan fingerprint density at radius 3 is 1.81 bits per heavy atom. The van der Waals surface area contributed by atoms with Crippen molar-refractivity contribution in [3.8, 4) is 22.6 Å². The summed E-state index contributed by atoms with van der Waals surface area (Å²) >= 11 is 0. The van der Waals surface area contributed by atoms with E-state index in [0.29, 0.717) is 0 Å². The smallest absolute Gasteiger partial charge is 0.0980 e. The molecule has 0 atom stereocenters. The maximum atomic E-state index is 4.42. The molecule has 3 aromatic heterocycles. The van der Waals surface area contributed by atoms with Crippen molar-refractivity contribution in [1.82, 2.24) is 15.0 Å². The Labute approximate surface area is 125 Å². The lowest BCUT2D eigenvalue weighted by Crippen LogP contribution is -1.92. The second-order valence-electron chi connectivity index (χ2n) is 4.54. The van der Waals surface area contributed by atoms with Crippen LogP contribution in [-0.2, 0) is 0 Å². The molecular weight excluding hydrogens is 258 g/mol. The first-order valence-corrected chi connectivity index (χ1v) is 7.14. The molecule has 0 bridgehead atoms. The molecule has 0 fully saturated rings. The van der Waals surface area contributed by atoms with E-state index in [2.05, 4.69) is 28.8 Å². The van der Waals surface area contributed by atoms with Crippen molar-refractivity contribution in [2.75, 3.05) is 0 Å². The van der Waals surface area contributed by atoms with Gasteiger partial charge in [-0.15, -0.1) is 0 Å². The maximum Gasteiger partial charge on any atom is 0.0980 e. The molecule has 3 heterocycles. The summed E-state index contributed by atoms with van der Waals surface area (Å²) in [6, 6.07) is 15.6. The fourth-order valence-corrected chi connectivity index (χ4v) is 1.84. The van der Waals surface area contributed by atoms with Crippen molar-refractivity contribution in [1.29, 1.82) is 0 Å². The van der Waals surface area contributed by atoms with E-state index >= 15 is 0 Å². The molecule has 0 radical (unpaired) electrons. The van der Waals surface area contributed by atoms with Gasteiger partial charge in [0.1, 0.15) is 0 Å². The summed E-state index contributed by atoms with van der Waals surface area (Å²) in [5.41, 5.74) is 3.62. The first-order valence-electron chi connectivity index (χ1n) is 7.14. The monoisotopic (exact) mass is 277 g/mol. The SMILES string of the molecule is CCC.c1ccc(-c2cccnc2-c2ccccn2)nc1. The predicted molar refractivity (Wildman–Crippen MR) is 86.7 cm³/mol. The maximum absolute atomic E-state index is 4.42. The topological polar surface area (TPSA) is 38.7 Å². The normalized spacial score (nSPS) is 9.62. The van der Waals surface area contributed by atoms with Crippen LogP contribution in [0.15, 0.2) is 67.1 Å². The molecule has 3 nitrogen and oxygen atoms in total. The molecule has 3 rings (SSSR count). The van der Waals surface area contributed by atoms with E-state index < -0.39 is 0 Å². The molecule has 106 valence electrons. The Kier molecular flexibility index (Phi) is 5.59. The fourth-order valence-electron chi connectivity index (χ4n) is 1.84. The van der Waals surface area contributed by atoms with Crippen LogP contribution in [0.2, 0.25) is 0 Å². The lowest BCUT2D eigenvalue weighted by molar-refractivity contribution is 1.09. The number of nitrogens with zero attached hydrogens (tertiary/aromatic N) is 3. The zero-order valence-corrected chi connectivity index (χ0v) is 12.4. The molecule has 0 unspecified atom stereocenters. The molecule has 0 spiro atoms. The standard InChI is InChI=1S/C15H11N3.C3H8/c1-3-9-16-13(7-1)12-6-5-11-18-15(12)14-8-2-4-10-17-14;1-3-2/h1-11H;3H2,1-2H3. The number of pyridine rings is 3. The van der Waals surface area contributed by atoms with Gasteiger partial charge in [-0.25, -0.2) is 0 Å². The Balaban J connectivity index is 0.000000497. The highest BCUT2D eigenvalue weighted by Gasteiger charge is 2.09. The summed E-state index contributed by atoms with van der Waals surface area (Å²) in [6.07, 6.45) is 6.58. The highest BCUT2D eigenvalue weighted by atomic mass is 14.8. The first kappa shape index (κ1) is 14.9. The van der Waals surface area contributed by atoms with Crippen molar-refractivity contribution in [2.24, 2.45) is 0 Å². The summed E-state index contributed by atoms with van der Waals surface area (Å²) in [4.78, 5) is 13.1. The molecule has 21 heavy (non-hydrogen) atoms. The minimum atomic E-state index is 0.858. The molecular formula is C18H19N3. The van der Waals surface area contributed by atoms with Gasteiger partial charge < -0.3 is 0 Å². The molecule has 3 aromatic rings. The van der Waals surface area contributed by atoms with Crippen LogP contribution in [0.5, 0.6) is 0 Å². The van der Waals surface area contributed by atoms with E-state index in [4.69, 9.17) is 0 Å². The number of aromatic nitrogens is 3. The molecule has 0 aromatic carbocycles. The van der Waals surface area contributed by atoms with Gasteiger partial charge in [0.2, 0.25) is 0 Å². The van der Waals surface area contributed by atoms with E-state index in [1.54, 1.807) is 18.6 Å². The third-order valence-electron chi connectivity index (χ3n) is 2.66. The Hall–Kier alpha value is -2.55. The van der Waals surface area contributed by atoms with Crippen LogP contribution in [0.4, 0.5) is 0 Å². The van der Waals surface area contributed by atoms with E-state index in [9.17, 15) is 0 Å². The van der Waals surface area contributed by atoms with E-state index in [1.165, 1.54) is 6.42 Å². The highest BCUT2D eigenvalue weighted by molar-refractivity contribution is 5.76. The van der Waals surface area contributed by atoms with Gasteiger partial charge >= 0.3 is 0 Å². The van der Waals surface area contributed by atoms with E-state index in [1.807, 2.05) is 48.5 Å². The van der Waals surface area contributed by atoms with Gasteiger partial charge in [0.15, 0.2) is 0 Å². The van der Waals surface area contributed by atoms with Crippen LogP contribution < -0.4 is 0 Å². The van der Waals surface area contributed by atoms with Crippen LogP contribution in [0.3, 0.4) is 0 Å². The third kappa shape index (κ3) is 3.96. The molecule has 0 aliphatic heterocycles. The van der Waals surface area contributed by atoms with Gasteiger partial charge in [0, 0.05) is 24.2 Å². The Bertz CT molecular complexity index is 593. The molecule has 3 heteroatoms. The van der Waals surface area contributed by atoms with Crippen molar-refractivity contribution in [2.45, 2.75) is 20.3 Å². The van der Waals surface area contributed by atoms with Crippen molar-refractivity contribution >= 4 is 0 Å². The highest BCUT2D eigenvalue weighted by Crippen LogP contribution is 2.26. The number of hydrogen-bond acceptors (Lipinski definition) is 3. The van der Waals surface area contributed by atoms with Crippen LogP contribution >= 0.6 is 0 Å². The Morgan fingerprint density at radius 1 is 0.667 bits per heavy atom. The van der Waals surface area contributed by atoms with Gasteiger partial charge in [0.05, 0.1) is 17.1 Å². The molecule has 0 saturated carbocycles. The average Bonchev–Trinajstić information content (AvgIpc) is 2.57. The third-order valence-corrected chi connectivity index (χ3v) is 2.66. The molecule has 0 aliphatic rings. The molecule has 0 saturated heterocycles. The van der Waals surface area contributed by atoms with Gasteiger partial charge in [-0.3, -0.25) is 15.0 Å². The predicted octanol–water partition coefficient (Wildman–Crippen LogP) is 4.62. The summed E-state index contributed by atoms with van der Waals surface area (Å²) < 4.78 is 0. The average molecular weight is 277 g/mol. The summed E-state index contributed by atoms with van der Waals surface area (Å²) in [5.74, 6) is 0. The van der Waals surface area contributed by atoms with E-state index in [-0.39, 0.29) is 0 Å². The Morgan fingerprint density at radius 2 is 1.24 bits per heavy atom. The first-order chi connectivity index (χ1) is 10.4. The summed E-state index contributed by atoms with van der Waals surface area (Å²) in [7, 11) is 0. The van der Waals surface area contributed by atoms with Crippen LogP contribution in [0.1, 0.15) is 20.3 Å². The second-order valence-corrected chi connectivity index (χ2v) is 4.54. The van der Waals surface area contributed by atoms with Crippen LogP contribution in [0.25, 0.3) is 22.6 Å². The van der Waals surface area contributed by atoms with Gasteiger partial charge in [-0.2, -0.15) is 0 Å². The van der Waals surface area contributed by atoms with Gasteiger partial charge in [0.25, 0.3) is 0 Å². The molecule has 0 amide bonds. The summed E-state index contributed by atoms with van der Waals surface area (Å²) in [6.45, 7) is 4.25. The van der Waals surface area contributed by atoms with Gasteiger partial charge in [-0.05, 0) is 36.4 Å². The van der Waals surface area contributed by atoms with Crippen LogP contribution in [-0.4, -0.2) is 15.0 Å². The summed E-state index contributed by atoms with van der Waals surface area (Å²) in [5, 5.41) is 0. The largest absolute Gasteiger partial charge is 0.256 e. The quantitative estimate of drug-likeness (QED) is 0.686. The van der Waals surface area contributed by atoms with Crippen molar-refractivity contribution < 1.29 is 0 Å². The van der Waals surface area contributed by atoms with Crippen molar-refractivity contribution in [3.05, 3.63) is 67.1 Å². The van der Waals surface area contributed by atoms with E-state index in [0.717, 1.165) is 22.6 Å². The molecule has 0 N–H and O–H groups in total. The minimum Gasteiger partial charge on any atom is -0.256 e. The second kappa shape index (κ2) is 7.90. The van der Waals surface area contributed by atoms with Crippen LogP contribution in [0, 0.1) is 0 Å².